The molecular formula is C18H23N3O3. The van der Waals surface area contributed by atoms with Crippen LogP contribution in [0.2, 0.25) is 0 Å². The Morgan fingerprint density at radius 1 is 1.00 bits per heavy atom. The summed E-state index contributed by atoms with van der Waals surface area (Å²) in [5.74, 6) is -0.0972. The number of rotatable bonds is 4. The minimum absolute atomic E-state index is 0.00354. The van der Waals surface area contributed by atoms with Gasteiger partial charge in [-0.1, -0.05) is 0 Å². The quantitative estimate of drug-likeness (QED) is 0.833. The number of carbonyl (C=O) groups excluding carboxylic acids is 3. The van der Waals surface area contributed by atoms with E-state index in [2.05, 4.69) is 10.6 Å². The van der Waals surface area contributed by atoms with Crippen molar-refractivity contribution in [2.45, 2.75) is 38.6 Å². The normalized spacial score (nSPS) is 18.1. The highest BCUT2D eigenvalue weighted by molar-refractivity contribution is 5.96. The molecule has 1 aromatic rings. The van der Waals surface area contributed by atoms with Crippen LogP contribution in [-0.4, -0.2) is 41.8 Å². The number of amides is 3. The van der Waals surface area contributed by atoms with Crippen LogP contribution >= 0.6 is 0 Å². The molecule has 0 spiro atoms. The summed E-state index contributed by atoms with van der Waals surface area (Å²) < 4.78 is 0. The lowest BCUT2D eigenvalue weighted by Crippen LogP contribution is -2.46. The number of piperidine rings is 1. The number of anilines is 1. The molecule has 2 aliphatic rings. The lowest BCUT2D eigenvalue weighted by Gasteiger charge is -2.31. The number of carbonyl (C=O) groups is 3. The third-order valence-electron chi connectivity index (χ3n) is 4.62. The zero-order valence-electron chi connectivity index (χ0n) is 13.9. The molecule has 2 fully saturated rings. The monoisotopic (exact) mass is 329 g/mol. The molecule has 1 aliphatic heterocycles. The highest BCUT2D eigenvalue weighted by atomic mass is 16.2. The number of hydrogen-bond donors (Lipinski definition) is 2. The third kappa shape index (κ3) is 4.13. The third-order valence-corrected chi connectivity index (χ3v) is 4.62. The minimum atomic E-state index is -0.0811. The molecule has 1 saturated heterocycles. The Morgan fingerprint density at radius 3 is 2.17 bits per heavy atom. The van der Waals surface area contributed by atoms with Gasteiger partial charge >= 0.3 is 6.03 Å². The van der Waals surface area contributed by atoms with Gasteiger partial charge in [-0.3, -0.25) is 9.59 Å². The molecule has 128 valence electrons. The Balaban J connectivity index is 1.47. The molecule has 0 bridgehead atoms. The molecule has 1 aromatic carbocycles. The second kappa shape index (κ2) is 7.03. The van der Waals surface area contributed by atoms with Crippen molar-refractivity contribution in [1.29, 1.82) is 0 Å². The van der Waals surface area contributed by atoms with E-state index >= 15 is 0 Å². The van der Waals surface area contributed by atoms with E-state index in [1.807, 2.05) is 0 Å². The van der Waals surface area contributed by atoms with E-state index < -0.39 is 0 Å². The van der Waals surface area contributed by atoms with Gasteiger partial charge in [0, 0.05) is 36.3 Å². The van der Waals surface area contributed by atoms with Crippen LogP contribution in [0.25, 0.3) is 0 Å². The number of benzene rings is 1. The van der Waals surface area contributed by atoms with Crippen LogP contribution in [0.3, 0.4) is 0 Å². The number of ketones is 1. The van der Waals surface area contributed by atoms with Crippen molar-refractivity contribution in [2.75, 3.05) is 18.4 Å². The standard InChI is InChI=1S/C18H23N3O3/c1-12(22)13-2-4-15(5-3-13)19-17(23)14-8-10-21(11-9-14)18(24)20-16-6-7-16/h2-5,14,16H,6-11H2,1H3,(H,19,23)(H,20,24). The van der Waals surface area contributed by atoms with Crippen LogP contribution in [0.1, 0.15) is 43.0 Å². The summed E-state index contributed by atoms with van der Waals surface area (Å²) in [7, 11) is 0. The first-order chi connectivity index (χ1) is 11.5. The van der Waals surface area contributed by atoms with Crippen LogP contribution in [-0.2, 0) is 4.79 Å². The van der Waals surface area contributed by atoms with Crippen molar-refractivity contribution in [3.05, 3.63) is 29.8 Å². The largest absolute Gasteiger partial charge is 0.335 e. The van der Waals surface area contributed by atoms with E-state index in [4.69, 9.17) is 0 Å². The van der Waals surface area contributed by atoms with Gasteiger partial charge in [-0.25, -0.2) is 4.79 Å². The second-order valence-corrected chi connectivity index (χ2v) is 6.61. The summed E-state index contributed by atoms with van der Waals surface area (Å²) in [6.07, 6.45) is 3.50. The average Bonchev–Trinajstić information content (AvgIpc) is 3.39. The SMILES string of the molecule is CC(=O)c1ccc(NC(=O)C2CCN(C(=O)NC3CC3)CC2)cc1. The smallest absolute Gasteiger partial charge is 0.317 e. The van der Waals surface area contributed by atoms with Gasteiger partial charge in [-0.2, -0.15) is 0 Å². The molecule has 0 radical (unpaired) electrons. The van der Waals surface area contributed by atoms with E-state index in [9.17, 15) is 14.4 Å². The molecule has 1 saturated carbocycles. The number of hydrogen-bond acceptors (Lipinski definition) is 3. The maximum atomic E-state index is 12.4. The maximum Gasteiger partial charge on any atom is 0.317 e. The number of nitrogens with one attached hydrogen (secondary N) is 2. The Labute approximate surface area is 141 Å². The van der Waals surface area contributed by atoms with Crippen LogP contribution in [0, 0.1) is 5.92 Å². The van der Waals surface area contributed by atoms with Gasteiger partial charge in [0.1, 0.15) is 0 Å². The number of Topliss-reactive ketones (excluding diaryl/α,β-unsaturated/α-hetero) is 1. The Bertz CT molecular complexity index is 629. The van der Waals surface area contributed by atoms with Crippen molar-refractivity contribution in [2.24, 2.45) is 5.92 Å². The summed E-state index contributed by atoms with van der Waals surface area (Å²) >= 11 is 0. The summed E-state index contributed by atoms with van der Waals surface area (Å²) in [6.45, 7) is 2.74. The number of urea groups is 1. The van der Waals surface area contributed by atoms with E-state index in [0.29, 0.717) is 43.2 Å². The molecular weight excluding hydrogens is 306 g/mol. The van der Waals surface area contributed by atoms with Gasteiger partial charge in [-0.05, 0) is 56.9 Å². The van der Waals surface area contributed by atoms with E-state index in [1.54, 1.807) is 29.2 Å². The Kier molecular flexibility index (Phi) is 4.83. The van der Waals surface area contributed by atoms with Gasteiger partial charge in [0.25, 0.3) is 0 Å². The van der Waals surface area contributed by atoms with Crippen molar-refractivity contribution >= 4 is 23.4 Å². The number of likely N-dealkylation sites (tertiary alicyclic amines) is 1. The fourth-order valence-electron chi connectivity index (χ4n) is 2.87. The Hall–Kier alpha value is -2.37. The lowest BCUT2D eigenvalue weighted by molar-refractivity contribution is -0.121. The maximum absolute atomic E-state index is 12.4. The molecule has 6 nitrogen and oxygen atoms in total. The first kappa shape index (κ1) is 16.5. The predicted octanol–water partition coefficient (Wildman–Crippen LogP) is 2.41. The van der Waals surface area contributed by atoms with Crippen LogP contribution in [0.15, 0.2) is 24.3 Å². The molecule has 1 heterocycles. The molecule has 0 unspecified atom stereocenters. The molecule has 0 atom stereocenters. The second-order valence-electron chi connectivity index (χ2n) is 6.61. The summed E-state index contributed by atoms with van der Waals surface area (Å²) in [5, 5.41) is 5.88. The zero-order valence-corrected chi connectivity index (χ0v) is 13.9. The fourth-order valence-corrected chi connectivity index (χ4v) is 2.87. The molecule has 2 N–H and O–H groups in total. The van der Waals surface area contributed by atoms with Gasteiger partial charge in [0.2, 0.25) is 5.91 Å². The van der Waals surface area contributed by atoms with E-state index in [0.717, 1.165) is 12.8 Å². The summed E-state index contributed by atoms with van der Waals surface area (Å²) in [5.41, 5.74) is 1.32. The van der Waals surface area contributed by atoms with Gasteiger partial charge in [0.05, 0.1) is 0 Å². The number of nitrogens with zero attached hydrogens (tertiary/aromatic N) is 1. The van der Waals surface area contributed by atoms with Gasteiger partial charge in [-0.15, -0.1) is 0 Å². The average molecular weight is 329 g/mol. The van der Waals surface area contributed by atoms with Crippen LogP contribution < -0.4 is 10.6 Å². The zero-order chi connectivity index (χ0) is 17.1. The van der Waals surface area contributed by atoms with Crippen molar-refractivity contribution in [3.8, 4) is 0 Å². The van der Waals surface area contributed by atoms with Crippen molar-refractivity contribution in [3.63, 3.8) is 0 Å². The molecule has 0 aromatic heterocycles. The first-order valence-electron chi connectivity index (χ1n) is 8.50. The first-order valence-corrected chi connectivity index (χ1v) is 8.50. The molecule has 1 aliphatic carbocycles. The highest BCUT2D eigenvalue weighted by Gasteiger charge is 2.30. The molecule has 3 amide bonds. The molecule has 3 rings (SSSR count). The summed E-state index contributed by atoms with van der Waals surface area (Å²) in [6, 6.07) is 7.26. The predicted molar refractivity (Wildman–Crippen MR) is 90.9 cm³/mol. The van der Waals surface area contributed by atoms with Crippen LogP contribution in [0.4, 0.5) is 10.5 Å². The summed E-state index contributed by atoms with van der Waals surface area (Å²) in [4.78, 5) is 37.4. The minimum Gasteiger partial charge on any atom is -0.335 e. The van der Waals surface area contributed by atoms with Gasteiger partial charge < -0.3 is 15.5 Å². The van der Waals surface area contributed by atoms with Crippen molar-refractivity contribution in [1.82, 2.24) is 10.2 Å². The van der Waals surface area contributed by atoms with E-state index in [1.165, 1.54) is 6.92 Å². The van der Waals surface area contributed by atoms with Crippen LogP contribution in [0.5, 0.6) is 0 Å². The Morgan fingerprint density at radius 2 is 1.62 bits per heavy atom. The fraction of sp³-hybridized carbons (Fsp3) is 0.500. The lowest BCUT2D eigenvalue weighted by atomic mass is 9.96. The van der Waals surface area contributed by atoms with Crippen molar-refractivity contribution < 1.29 is 14.4 Å². The molecule has 24 heavy (non-hydrogen) atoms. The van der Waals surface area contributed by atoms with E-state index in [-0.39, 0.29) is 23.6 Å². The van der Waals surface area contributed by atoms with Gasteiger partial charge in [0.15, 0.2) is 5.78 Å². The molecule has 6 heteroatoms. The topological polar surface area (TPSA) is 78.5 Å². The highest BCUT2D eigenvalue weighted by Crippen LogP contribution is 2.22.